The van der Waals surface area contributed by atoms with E-state index in [9.17, 15) is 0 Å². The lowest BCUT2D eigenvalue weighted by Crippen LogP contribution is -1.85. The van der Waals surface area contributed by atoms with Crippen LogP contribution in [0, 0.1) is 6.92 Å². The summed E-state index contributed by atoms with van der Waals surface area (Å²) < 4.78 is 0. The standard InChI is InChI=1S/C13H13N/c1-10-6-7-11-4-2-3-5-13(11)12(10)8-9-14/h2-9H,14H2,1H3/b9-8-. The number of benzene rings is 2. The van der Waals surface area contributed by atoms with Crippen LogP contribution in [-0.2, 0) is 0 Å². The fraction of sp³-hybridized carbons (Fsp3) is 0.0769. The molecule has 2 N–H and O–H groups in total. The zero-order valence-corrected chi connectivity index (χ0v) is 8.20. The second kappa shape index (κ2) is 3.54. The highest BCUT2D eigenvalue weighted by Gasteiger charge is 1.99. The smallest absolute Gasteiger partial charge is 0.00560 e. The maximum Gasteiger partial charge on any atom is -0.00560 e. The Morgan fingerprint density at radius 2 is 1.86 bits per heavy atom. The van der Waals surface area contributed by atoms with Crippen LogP contribution in [-0.4, -0.2) is 0 Å². The van der Waals surface area contributed by atoms with Gasteiger partial charge in [0.2, 0.25) is 0 Å². The lowest BCUT2D eigenvalue weighted by molar-refractivity contribution is 1.47. The largest absolute Gasteiger partial charge is 0.405 e. The maximum atomic E-state index is 5.44. The molecule has 0 amide bonds. The quantitative estimate of drug-likeness (QED) is 0.722. The molecule has 0 saturated carbocycles. The molecule has 0 unspecified atom stereocenters. The van der Waals surface area contributed by atoms with Gasteiger partial charge < -0.3 is 5.73 Å². The number of hydrogen-bond donors (Lipinski definition) is 1. The highest BCUT2D eigenvalue weighted by molar-refractivity contribution is 5.91. The average molecular weight is 183 g/mol. The van der Waals surface area contributed by atoms with Crippen molar-refractivity contribution in [3.8, 4) is 0 Å². The lowest BCUT2D eigenvalue weighted by Gasteiger charge is -2.05. The summed E-state index contributed by atoms with van der Waals surface area (Å²) in [6, 6.07) is 12.6. The normalized spacial score (nSPS) is 11.2. The van der Waals surface area contributed by atoms with Gasteiger partial charge in [-0.25, -0.2) is 0 Å². The van der Waals surface area contributed by atoms with Gasteiger partial charge in [-0.1, -0.05) is 36.4 Å². The molecule has 0 heterocycles. The van der Waals surface area contributed by atoms with E-state index in [1.165, 1.54) is 21.9 Å². The minimum atomic E-state index is 1.21. The van der Waals surface area contributed by atoms with Crippen LogP contribution in [0.3, 0.4) is 0 Å². The van der Waals surface area contributed by atoms with Crippen molar-refractivity contribution in [3.05, 3.63) is 53.7 Å². The zero-order chi connectivity index (χ0) is 9.97. The minimum absolute atomic E-state index is 1.21. The number of fused-ring (bicyclic) bond motifs is 1. The van der Waals surface area contributed by atoms with Gasteiger partial charge in [-0.3, -0.25) is 0 Å². The average Bonchev–Trinajstić information content (AvgIpc) is 2.23. The molecule has 1 heteroatoms. The second-order valence-corrected chi connectivity index (χ2v) is 3.38. The molecule has 70 valence electrons. The van der Waals surface area contributed by atoms with Gasteiger partial charge in [-0.2, -0.15) is 0 Å². The predicted octanol–water partition coefficient (Wildman–Crippen LogP) is 3.08. The van der Waals surface area contributed by atoms with Crippen LogP contribution in [0.25, 0.3) is 16.8 Å². The van der Waals surface area contributed by atoms with E-state index in [4.69, 9.17) is 5.73 Å². The second-order valence-electron chi connectivity index (χ2n) is 3.38. The molecular weight excluding hydrogens is 170 g/mol. The van der Waals surface area contributed by atoms with Crippen molar-refractivity contribution >= 4 is 16.8 Å². The van der Waals surface area contributed by atoms with Gasteiger partial charge in [0.1, 0.15) is 0 Å². The molecule has 0 bridgehead atoms. The third-order valence-corrected chi connectivity index (χ3v) is 2.45. The Bertz CT molecular complexity index is 484. The Morgan fingerprint density at radius 1 is 1.07 bits per heavy atom. The Kier molecular flexibility index (Phi) is 2.23. The van der Waals surface area contributed by atoms with E-state index in [-0.39, 0.29) is 0 Å². The van der Waals surface area contributed by atoms with Gasteiger partial charge in [-0.15, -0.1) is 0 Å². The third kappa shape index (κ3) is 1.37. The summed E-state index contributed by atoms with van der Waals surface area (Å²) in [5, 5.41) is 2.51. The molecule has 2 rings (SSSR count). The van der Waals surface area contributed by atoms with E-state index in [2.05, 4.69) is 37.3 Å². The summed E-state index contributed by atoms with van der Waals surface area (Å²) in [5.74, 6) is 0. The summed E-state index contributed by atoms with van der Waals surface area (Å²) >= 11 is 0. The van der Waals surface area contributed by atoms with Crippen molar-refractivity contribution in [1.29, 1.82) is 0 Å². The molecule has 1 nitrogen and oxygen atoms in total. The fourth-order valence-corrected chi connectivity index (χ4v) is 1.72. The first-order chi connectivity index (χ1) is 6.83. The van der Waals surface area contributed by atoms with E-state index in [1.54, 1.807) is 6.20 Å². The van der Waals surface area contributed by atoms with Crippen molar-refractivity contribution in [2.45, 2.75) is 6.92 Å². The first-order valence-electron chi connectivity index (χ1n) is 4.69. The highest BCUT2D eigenvalue weighted by Crippen LogP contribution is 2.22. The number of nitrogens with two attached hydrogens (primary N) is 1. The van der Waals surface area contributed by atoms with E-state index in [0.717, 1.165) is 0 Å². The molecule has 0 atom stereocenters. The topological polar surface area (TPSA) is 26.0 Å². The molecule has 14 heavy (non-hydrogen) atoms. The molecule has 0 radical (unpaired) electrons. The van der Waals surface area contributed by atoms with Gasteiger partial charge in [0.15, 0.2) is 0 Å². The van der Waals surface area contributed by atoms with Crippen molar-refractivity contribution in [2.24, 2.45) is 5.73 Å². The van der Waals surface area contributed by atoms with E-state index < -0.39 is 0 Å². The first kappa shape index (κ1) is 8.82. The van der Waals surface area contributed by atoms with E-state index >= 15 is 0 Å². The molecule has 0 spiro atoms. The molecule has 0 fully saturated rings. The Hall–Kier alpha value is -1.76. The van der Waals surface area contributed by atoms with Crippen LogP contribution in [0.4, 0.5) is 0 Å². The monoisotopic (exact) mass is 183 g/mol. The number of rotatable bonds is 1. The maximum absolute atomic E-state index is 5.44. The van der Waals surface area contributed by atoms with Gasteiger partial charge in [0, 0.05) is 0 Å². The van der Waals surface area contributed by atoms with Crippen LogP contribution in [0.1, 0.15) is 11.1 Å². The lowest BCUT2D eigenvalue weighted by atomic mass is 10.00. The Morgan fingerprint density at radius 3 is 2.64 bits per heavy atom. The van der Waals surface area contributed by atoms with Gasteiger partial charge in [0.05, 0.1) is 0 Å². The van der Waals surface area contributed by atoms with Gasteiger partial charge in [-0.05, 0) is 41.1 Å². The van der Waals surface area contributed by atoms with Crippen molar-refractivity contribution < 1.29 is 0 Å². The molecule has 0 aliphatic rings. The van der Waals surface area contributed by atoms with Gasteiger partial charge in [0.25, 0.3) is 0 Å². The van der Waals surface area contributed by atoms with Crippen molar-refractivity contribution in [1.82, 2.24) is 0 Å². The van der Waals surface area contributed by atoms with Gasteiger partial charge >= 0.3 is 0 Å². The fourth-order valence-electron chi connectivity index (χ4n) is 1.72. The molecule has 0 aliphatic carbocycles. The molecule has 2 aromatic rings. The summed E-state index contributed by atoms with van der Waals surface area (Å²) in [7, 11) is 0. The summed E-state index contributed by atoms with van der Waals surface area (Å²) in [6.45, 7) is 2.10. The SMILES string of the molecule is Cc1ccc2ccccc2c1/C=C\N. The first-order valence-corrected chi connectivity index (χ1v) is 4.69. The van der Waals surface area contributed by atoms with E-state index in [1.807, 2.05) is 12.1 Å². The molecule has 2 aromatic carbocycles. The predicted molar refractivity (Wildman–Crippen MR) is 61.9 cm³/mol. The molecule has 0 aliphatic heterocycles. The van der Waals surface area contributed by atoms with E-state index in [0.29, 0.717) is 0 Å². The summed E-state index contributed by atoms with van der Waals surface area (Å²) in [6.07, 6.45) is 3.55. The van der Waals surface area contributed by atoms with Crippen LogP contribution >= 0.6 is 0 Å². The number of hydrogen-bond acceptors (Lipinski definition) is 1. The molecular formula is C13H13N. The van der Waals surface area contributed by atoms with Crippen LogP contribution in [0.5, 0.6) is 0 Å². The van der Waals surface area contributed by atoms with Crippen LogP contribution < -0.4 is 5.73 Å². The van der Waals surface area contributed by atoms with Crippen molar-refractivity contribution in [3.63, 3.8) is 0 Å². The summed E-state index contributed by atoms with van der Waals surface area (Å²) in [5.41, 5.74) is 7.91. The highest BCUT2D eigenvalue weighted by atomic mass is 14.5. The minimum Gasteiger partial charge on any atom is -0.405 e. The van der Waals surface area contributed by atoms with Crippen LogP contribution in [0.2, 0.25) is 0 Å². The number of aryl methyl sites for hydroxylation is 1. The van der Waals surface area contributed by atoms with Crippen LogP contribution in [0.15, 0.2) is 42.6 Å². The third-order valence-electron chi connectivity index (χ3n) is 2.45. The van der Waals surface area contributed by atoms with Crippen molar-refractivity contribution in [2.75, 3.05) is 0 Å². The zero-order valence-electron chi connectivity index (χ0n) is 8.20. The molecule has 0 saturated heterocycles. The summed E-state index contributed by atoms with van der Waals surface area (Å²) in [4.78, 5) is 0. The molecule has 0 aromatic heterocycles. The Labute approximate surface area is 83.9 Å². The Balaban J connectivity index is 2.82.